The molecule has 0 fully saturated rings. The number of aromatic hydroxyl groups is 1. The van der Waals surface area contributed by atoms with E-state index in [1.54, 1.807) is 18.5 Å². The normalized spacial score (nSPS) is 14.1. The largest absolute Gasteiger partial charge is 0.492 e. The van der Waals surface area contributed by atoms with Crippen LogP contribution in [0.25, 0.3) is 22.6 Å². The van der Waals surface area contributed by atoms with E-state index in [4.69, 9.17) is 0 Å². The van der Waals surface area contributed by atoms with Gasteiger partial charge in [0.1, 0.15) is 5.69 Å². The average molecular weight is 433 g/mol. The summed E-state index contributed by atoms with van der Waals surface area (Å²) in [6.45, 7) is 0. The van der Waals surface area contributed by atoms with E-state index in [-0.39, 0.29) is 17.5 Å². The number of hydrogen-bond acceptors (Lipinski definition) is 4. The predicted octanol–water partition coefficient (Wildman–Crippen LogP) is 4.85. The average Bonchev–Trinajstić information content (AvgIpc) is 3.39. The number of hydrogen-bond donors (Lipinski definition) is 3. The van der Waals surface area contributed by atoms with Crippen LogP contribution < -0.4 is 0 Å². The van der Waals surface area contributed by atoms with Crippen LogP contribution >= 0.6 is 15.9 Å². The number of halogens is 1. The number of H-pyrrole nitrogens is 2. The molecule has 0 spiro atoms. The predicted molar refractivity (Wildman–Crippen MR) is 112 cm³/mol. The first kappa shape index (κ1) is 16.7. The van der Waals surface area contributed by atoms with Crippen molar-refractivity contribution < 1.29 is 9.90 Å². The van der Waals surface area contributed by atoms with Gasteiger partial charge in [-0.15, -0.1) is 0 Å². The summed E-state index contributed by atoms with van der Waals surface area (Å²) in [5.41, 5.74) is 4.37. The van der Waals surface area contributed by atoms with E-state index in [1.165, 1.54) is 0 Å². The smallest absolute Gasteiger partial charge is 0.237 e. The third-order valence-electron chi connectivity index (χ3n) is 4.67. The summed E-state index contributed by atoms with van der Waals surface area (Å²) in [7, 11) is 0. The van der Waals surface area contributed by atoms with E-state index in [1.807, 2.05) is 42.5 Å². The van der Waals surface area contributed by atoms with Crippen molar-refractivity contribution in [2.24, 2.45) is 4.99 Å². The Morgan fingerprint density at radius 2 is 2.04 bits per heavy atom. The van der Waals surface area contributed by atoms with Crippen molar-refractivity contribution in [2.45, 2.75) is 0 Å². The SMILES string of the molecule is O=C(c1nc(O)c(/C=C2\C=Nc3ccccc32)[nH]1)c1c[nH]c2ccc(Br)cc12. The van der Waals surface area contributed by atoms with Crippen molar-refractivity contribution in [3.05, 3.63) is 75.8 Å². The van der Waals surface area contributed by atoms with Crippen molar-refractivity contribution >= 4 is 56.2 Å². The molecule has 3 heterocycles. The molecule has 2 aromatic heterocycles. The first-order valence-corrected chi connectivity index (χ1v) is 9.35. The van der Waals surface area contributed by atoms with E-state index in [9.17, 15) is 9.90 Å². The number of ketones is 1. The number of fused-ring (bicyclic) bond motifs is 2. The summed E-state index contributed by atoms with van der Waals surface area (Å²) in [5.74, 6) is -0.451. The molecule has 0 unspecified atom stereocenters. The number of nitrogens with zero attached hydrogens (tertiary/aromatic N) is 2. The Labute approximate surface area is 167 Å². The fourth-order valence-corrected chi connectivity index (χ4v) is 3.66. The molecule has 136 valence electrons. The summed E-state index contributed by atoms with van der Waals surface area (Å²) in [6.07, 6.45) is 5.11. The molecule has 1 aliphatic rings. The van der Waals surface area contributed by atoms with Crippen LogP contribution in [0, 0.1) is 0 Å². The highest BCUT2D eigenvalue weighted by molar-refractivity contribution is 9.10. The molecule has 5 rings (SSSR count). The molecule has 1 aliphatic heterocycles. The van der Waals surface area contributed by atoms with Crippen molar-refractivity contribution in [1.29, 1.82) is 0 Å². The second kappa shape index (κ2) is 6.31. The van der Waals surface area contributed by atoms with Crippen LogP contribution in [0.1, 0.15) is 27.4 Å². The number of para-hydroxylation sites is 1. The molecule has 0 radical (unpaired) electrons. The number of aromatic amines is 2. The van der Waals surface area contributed by atoms with Crippen LogP contribution in [0.15, 0.2) is 58.1 Å². The summed E-state index contributed by atoms with van der Waals surface area (Å²) < 4.78 is 0.876. The summed E-state index contributed by atoms with van der Waals surface area (Å²) in [6, 6.07) is 13.4. The quantitative estimate of drug-likeness (QED) is 0.404. The number of nitrogens with one attached hydrogen (secondary N) is 2. The fourth-order valence-electron chi connectivity index (χ4n) is 3.30. The molecule has 0 atom stereocenters. The van der Waals surface area contributed by atoms with Gasteiger partial charge < -0.3 is 15.1 Å². The highest BCUT2D eigenvalue weighted by Gasteiger charge is 2.20. The third-order valence-corrected chi connectivity index (χ3v) is 5.17. The maximum Gasteiger partial charge on any atom is 0.237 e. The van der Waals surface area contributed by atoms with Crippen molar-refractivity contribution in [3.63, 3.8) is 0 Å². The zero-order valence-corrected chi connectivity index (χ0v) is 16.0. The van der Waals surface area contributed by atoms with Crippen molar-refractivity contribution in [2.75, 3.05) is 0 Å². The molecule has 28 heavy (non-hydrogen) atoms. The van der Waals surface area contributed by atoms with Crippen LogP contribution in [0.2, 0.25) is 0 Å². The Kier molecular flexibility index (Phi) is 3.77. The van der Waals surface area contributed by atoms with Crippen LogP contribution in [0.3, 0.4) is 0 Å². The van der Waals surface area contributed by atoms with Crippen LogP contribution in [-0.2, 0) is 0 Å². The molecule has 7 heteroatoms. The molecule has 6 nitrogen and oxygen atoms in total. The standard InChI is InChI=1S/C21H13BrN4O2/c22-12-5-6-17-14(8-12)15(10-24-17)19(27)20-25-18(21(28)26-20)7-11-9-23-16-4-2-1-3-13(11)16/h1-10,24,28H,(H,25,26)/b11-7+. The number of benzene rings is 2. The molecule has 0 bridgehead atoms. The molecule has 0 amide bonds. The Morgan fingerprint density at radius 1 is 1.18 bits per heavy atom. The number of aromatic nitrogens is 3. The molecule has 2 aromatic carbocycles. The lowest BCUT2D eigenvalue weighted by Gasteiger charge is -1.98. The van der Waals surface area contributed by atoms with Crippen molar-refractivity contribution in [3.8, 4) is 5.88 Å². The lowest BCUT2D eigenvalue weighted by Crippen LogP contribution is -2.02. The van der Waals surface area contributed by atoms with Gasteiger partial charge in [0.05, 0.1) is 11.3 Å². The van der Waals surface area contributed by atoms with Crippen molar-refractivity contribution in [1.82, 2.24) is 15.0 Å². The Morgan fingerprint density at radius 3 is 2.93 bits per heavy atom. The molecule has 4 aromatic rings. The van der Waals surface area contributed by atoms with Crippen LogP contribution in [-0.4, -0.2) is 32.1 Å². The van der Waals surface area contributed by atoms with E-state index >= 15 is 0 Å². The highest BCUT2D eigenvalue weighted by atomic mass is 79.9. The van der Waals surface area contributed by atoms with Gasteiger partial charge in [-0.2, -0.15) is 4.98 Å². The number of imidazole rings is 1. The molecular weight excluding hydrogens is 420 g/mol. The first-order chi connectivity index (χ1) is 13.6. The van der Waals surface area contributed by atoms with Gasteiger partial charge in [0.2, 0.25) is 11.7 Å². The molecular formula is C21H13BrN4O2. The summed E-state index contributed by atoms with van der Waals surface area (Å²) in [4.78, 5) is 27.3. The number of allylic oxidation sites excluding steroid dienone is 1. The number of rotatable bonds is 3. The van der Waals surface area contributed by atoms with Gasteiger partial charge in [-0.1, -0.05) is 34.1 Å². The second-order valence-electron chi connectivity index (χ2n) is 6.42. The zero-order chi connectivity index (χ0) is 19.3. The van der Waals surface area contributed by atoms with Gasteiger partial charge in [-0.25, -0.2) is 0 Å². The first-order valence-electron chi connectivity index (χ1n) is 8.55. The van der Waals surface area contributed by atoms with Gasteiger partial charge in [0.15, 0.2) is 5.82 Å². The van der Waals surface area contributed by atoms with Gasteiger partial charge in [-0.05, 0) is 30.3 Å². The van der Waals surface area contributed by atoms with Gasteiger partial charge in [0, 0.05) is 38.9 Å². The molecule has 0 saturated heterocycles. The lowest BCUT2D eigenvalue weighted by atomic mass is 10.1. The van der Waals surface area contributed by atoms with E-state index < -0.39 is 0 Å². The Hall–Kier alpha value is -3.45. The maximum absolute atomic E-state index is 12.9. The lowest BCUT2D eigenvalue weighted by molar-refractivity contribution is 0.103. The van der Waals surface area contributed by atoms with Gasteiger partial charge >= 0.3 is 0 Å². The van der Waals surface area contributed by atoms with E-state index in [0.29, 0.717) is 11.3 Å². The topological polar surface area (TPSA) is 94.1 Å². The zero-order valence-electron chi connectivity index (χ0n) is 14.4. The summed E-state index contributed by atoms with van der Waals surface area (Å²) in [5, 5.41) is 11.0. The number of carbonyl (C=O) groups is 1. The third kappa shape index (κ3) is 2.68. The fraction of sp³-hybridized carbons (Fsp3) is 0. The highest BCUT2D eigenvalue weighted by Crippen LogP contribution is 2.33. The number of carbonyl (C=O) groups excluding carboxylic acids is 1. The molecule has 0 saturated carbocycles. The Balaban J connectivity index is 1.53. The van der Waals surface area contributed by atoms with Gasteiger partial charge in [-0.3, -0.25) is 9.79 Å². The van der Waals surface area contributed by atoms with E-state index in [0.717, 1.165) is 32.2 Å². The van der Waals surface area contributed by atoms with Gasteiger partial charge in [0.25, 0.3) is 0 Å². The Bertz CT molecular complexity index is 1310. The number of aliphatic imine (C=N–C) groups is 1. The monoisotopic (exact) mass is 432 g/mol. The van der Waals surface area contributed by atoms with Crippen LogP contribution in [0.4, 0.5) is 5.69 Å². The molecule has 3 N–H and O–H groups in total. The minimum Gasteiger partial charge on any atom is -0.492 e. The molecule has 0 aliphatic carbocycles. The minimum absolute atomic E-state index is 0.0773. The second-order valence-corrected chi connectivity index (χ2v) is 7.33. The minimum atomic E-state index is -0.301. The maximum atomic E-state index is 12.9. The van der Waals surface area contributed by atoms with Crippen LogP contribution in [0.5, 0.6) is 5.88 Å². The summed E-state index contributed by atoms with van der Waals surface area (Å²) >= 11 is 3.43. The van der Waals surface area contributed by atoms with E-state index in [2.05, 4.69) is 35.9 Å².